The SMILES string of the molecule is CCCCCCCCCCCC(=O)NC(CCC(=O)[O-])C(=O)[O-]. The Morgan fingerprint density at radius 3 is 1.83 bits per heavy atom. The first-order valence-electron chi connectivity index (χ1n) is 8.67. The molecule has 0 rings (SSSR count). The average molecular weight is 327 g/mol. The van der Waals surface area contributed by atoms with Gasteiger partial charge in [0.2, 0.25) is 5.91 Å². The number of hydrogen-bond donors (Lipinski definition) is 1. The van der Waals surface area contributed by atoms with Crippen molar-refractivity contribution in [3.05, 3.63) is 0 Å². The Labute approximate surface area is 138 Å². The lowest BCUT2D eigenvalue weighted by Crippen LogP contribution is -2.48. The molecular weight excluding hydrogens is 298 g/mol. The maximum atomic E-state index is 11.6. The fraction of sp³-hybridized carbons (Fsp3) is 0.824. The maximum absolute atomic E-state index is 11.6. The highest BCUT2D eigenvalue weighted by Gasteiger charge is 2.13. The van der Waals surface area contributed by atoms with Gasteiger partial charge in [0, 0.05) is 12.4 Å². The second-order valence-electron chi connectivity index (χ2n) is 5.93. The minimum atomic E-state index is -1.47. The summed E-state index contributed by atoms with van der Waals surface area (Å²) in [5.74, 6) is -3.18. The van der Waals surface area contributed by atoms with Crippen molar-refractivity contribution in [3.63, 3.8) is 0 Å². The lowest BCUT2D eigenvalue weighted by Gasteiger charge is -2.19. The van der Waals surface area contributed by atoms with Gasteiger partial charge in [-0.05, 0) is 19.3 Å². The molecule has 1 atom stereocenters. The zero-order chi connectivity index (χ0) is 17.5. The molecule has 1 unspecified atom stereocenters. The van der Waals surface area contributed by atoms with Gasteiger partial charge in [-0.15, -0.1) is 0 Å². The van der Waals surface area contributed by atoms with Gasteiger partial charge in [-0.25, -0.2) is 0 Å². The van der Waals surface area contributed by atoms with Crippen molar-refractivity contribution in [1.82, 2.24) is 5.32 Å². The normalized spacial score (nSPS) is 11.9. The van der Waals surface area contributed by atoms with Gasteiger partial charge in [0.15, 0.2) is 0 Å². The summed E-state index contributed by atoms with van der Waals surface area (Å²) in [5, 5.41) is 23.5. The third-order valence-electron chi connectivity index (χ3n) is 3.76. The Morgan fingerprint density at radius 2 is 1.35 bits per heavy atom. The van der Waals surface area contributed by atoms with Crippen LogP contribution in [0.3, 0.4) is 0 Å². The number of aliphatic carboxylic acids is 2. The molecule has 23 heavy (non-hydrogen) atoms. The Balaban J connectivity index is 3.67. The highest BCUT2D eigenvalue weighted by molar-refractivity contribution is 5.82. The molecule has 6 nitrogen and oxygen atoms in total. The lowest BCUT2D eigenvalue weighted by atomic mass is 10.1. The van der Waals surface area contributed by atoms with E-state index in [1.165, 1.54) is 38.5 Å². The van der Waals surface area contributed by atoms with Crippen molar-refractivity contribution in [2.75, 3.05) is 0 Å². The molecule has 0 aromatic rings. The van der Waals surface area contributed by atoms with Gasteiger partial charge in [-0.2, -0.15) is 0 Å². The Morgan fingerprint density at radius 1 is 0.826 bits per heavy atom. The van der Waals surface area contributed by atoms with E-state index in [4.69, 9.17) is 0 Å². The number of carboxylic acids is 2. The molecule has 0 heterocycles. The van der Waals surface area contributed by atoms with Gasteiger partial charge < -0.3 is 25.1 Å². The second-order valence-corrected chi connectivity index (χ2v) is 5.93. The number of carbonyl (C=O) groups excluding carboxylic acids is 3. The zero-order valence-electron chi connectivity index (χ0n) is 14.1. The standard InChI is InChI=1S/C17H31NO5/c1-2-3-4-5-6-7-8-9-10-11-15(19)18-14(17(22)23)12-13-16(20)21/h14H,2-13H2,1H3,(H,18,19)(H,20,21)(H,22,23)/p-2. The topological polar surface area (TPSA) is 109 Å². The van der Waals surface area contributed by atoms with Crippen LogP contribution in [0.15, 0.2) is 0 Å². The molecule has 0 bridgehead atoms. The van der Waals surface area contributed by atoms with E-state index in [2.05, 4.69) is 12.2 Å². The summed E-state index contributed by atoms with van der Waals surface area (Å²) in [4.78, 5) is 32.8. The first-order valence-corrected chi connectivity index (χ1v) is 8.67. The van der Waals surface area contributed by atoms with Gasteiger partial charge >= 0.3 is 0 Å². The summed E-state index contributed by atoms with van der Waals surface area (Å²) in [7, 11) is 0. The van der Waals surface area contributed by atoms with Crippen LogP contribution in [0.5, 0.6) is 0 Å². The van der Waals surface area contributed by atoms with E-state index in [0.29, 0.717) is 6.42 Å². The van der Waals surface area contributed by atoms with Crippen LogP contribution >= 0.6 is 0 Å². The Hall–Kier alpha value is -1.59. The maximum Gasteiger partial charge on any atom is 0.220 e. The molecule has 0 aromatic heterocycles. The number of nitrogens with one attached hydrogen (secondary N) is 1. The summed E-state index contributed by atoms with van der Waals surface area (Å²) in [5.41, 5.74) is 0. The van der Waals surface area contributed by atoms with Gasteiger partial charge in [0.05, 0.1) is 12.0 Å². The predicted molar refractivity (Wildman–Crippen MR) is 83.0 cm³/mol. The van der Waals surface area contributed by atoms with Crippen LogP contribution in [0.25, 0.3) is 0 Å². The second kappa shape index (κ2) is 14.0. The predicted octanol–water partition coefficient (Wildman–Crippen LogP) is 0.672. The summed E-state index contributed by atoms with van der Waals surface area (Å²) in [6, 6.07) is -1.26. The molecule has 0 saturated heterocycles. The van der Waals surface area contributed by atoms with Gasteiger partial charge in [0.1, 0.15) is 0 Å². The molecule has 6 heteroatoms. The first kappa shape index (κ1) is 21.4. The van der Waals surface area contributed by atoms with Crippen molar-refractivity contribution >= 4 is 17.8 Å². The Kier molecular flexibility index (Phi) is 13.1. The molecule has 0 saturated carbocycles. The molecule has 0 aromatic carbocycles. The van der Waals surface area contributed by atoms with Crippen LogP contribution in [0.4, 0.5) is 0 Å². The first-order chi connectivity index (χ1) is 11.0. The molecule has 0 aliphatic heterocycles. The van der Waals surface area contributed by atoms with Crippen LogP contribution < -0.4 is 15.5 Å². The fourth-order valence-corrected chi connectivity index (χ4v) is 2.37. The summed E-state index contributed by atoms with van der Waals surface area (Å²) < 4.78 is 0. The van der Waals surface area contributed by atoms with Crippen molar-refractivity contribution in [2.45, 2.75) is 90.0 Å². The molecule has 0 aliphatic rings. The molecule has 0 spiro atoms. The quantitative estimate of drug-likeness (QED) is 0.445. The molecular formula is C17H29NO5-2. The average Bonchev–Trinajstić information content (AvgIpc) is 2.49. The third kappa shape index (κ3) is 13.8. The molecule has 0 fully saturated rings. The lowest BCUT2D eigenvalue weighted by molar-refractivity contribution is -0.310. The number of amides is 1. The highest BCUT2D eigenvalue weighted by atomic mass is 16.4. The van der Waals surface area contributed by atoms with Crippen LogP contribution in [0.1, 0.15) is 84.0 Å². The van der Waals surface area contributed by atoms with Crippen LogP contribution in [-0.2, 0) is 14.4 Å². The number of unbranched alkanes of at least 4 members (excludes halogenated alkanes) is 8. The van der Waals surface area contributed by atoms with Gasteiger partial charge in [-0.3, -0.25) is 4.79 Å². The van der Waals surface area contributed by atoms with Crippen molar-refractivity contribution < 1.29 is 24.6 Å². The largest absolute Gasteiger partial charge is 0.550 e. The van der Waals surface area contributed by atoms with E-state index in [-0.39, 0.29) is 18.7 Å². The zero-order valence-corrected chi connectivity index (χ0v) is 14.1. The summed E-state index contributed by atoms with van der Waals surface area (Å²) in [6.07, 6.45) is 9.82. The van der Waals surface area contributed by atoms with E-state index >= 15 is 0 Å². The summed E-state index contributed by atoms with van der Waals surface area (Å²) >= 11 is 0. The van der Waals surface area contributed by atoms with E-state index in [0.717, 1.165) is 12.8 Å². The minimum absolute atomic E-state index is 0.214. The van der Waals surface area contributed by atoms with Crippen molar-refractivity contribution in [1.29, 1.82) is 0 Å². The number of hydrogen-bond acceptors (Lipinski definition) is 5. The van der Waals surface area contributed by atoms with Crippen molar-refractivity contribution in [3.8, 4) is 0 Å². The highest BCUT2D eigenvalue weighted by Crippen LogP contribution is 2.10. The van der Waals surface area contributed by atoms with Crippen LogP contribution in [0.2, 0.25) is 0 Å². The third-order valence-corrected chi connectivity index (χ3v) is 3.76. The number of rotatable bonds is 15. The monoisotopic (exact) mass is 327 g/mol. The molecule has 0 radical (unpaired) electrons. The van der Waals surface area contributed by atoms with Crippen molar-refractivity contribution in [2.24, 2.45) is 0 Å². The summed E-state index contributed by atoms with van der Waals surface area (Å²) in [6.45, 7) is 2.19. The minimum Gasteiger partial charge on any atom is -0.550 e. The van der Waals surface area contributed by atoms with E-state index in [1.807, 2.05) is 0 Å². The molecule has 0 aliphatic carbocycles. The Bertz CT molecular complexity index is 357. The smallest absolute Gasteiger partial charge is 0.220 e. The van der Waals surface area contributed by atoms with E-state index in [9.17, 15) is 24.6 Å². The molecule has 1 amide bonds. The van der Waals surface area contributed by atoms with Gasteiger partial charge in [0.25, 0.3) is 0 Å². The van der Waals surface area contributed by atoms with Crippen LogP contribution in [0, 0.1) is 0 Å². The van der Waals surface area contributed by atoms with E-state index < -0.39 is 24.4 Å². The van der Waals surface area contributed by atoms with Crippen LogP contribution in [-0.4, -0.2) is 23.9 Å². The molecule has 134 valence electrons. The fourth-order valence-electron chi connectivity index (χ4n) is 2.37. The van der Waals surface area contributed by atoms with Gasteiger partial charge in [-0.1, -0.05) is 58.3 Å². The van der Waals surface area contributed by atoms with E-state index in [1.54, 1.807) is 0 Å². The number of carboxylic acid groups (broad SMARTS) is 2. The molecule has 1 N–H and O–H groups in total. The number of carbonyl (C=O) groups is 3.